The Kier molecular flexibility index (Phi) is 5.99. The van der Waals surface area contributed by atoms with Gasteiger partial charge in [0.1, 0.15) is 0 Å². The number of piperidine rings is 1. The van der Waals surface area contributed by atoms with E-state index in [4.69, 9.17) is 0 Å². The highest BCUT2D eigenvalue weighted by molar-refractivity contribution is 5.91. The van der Waals surface area contributed by atoms with Crippen molar-refractivity contribution in [3.05, 3.63) is 29.8 Å². The number of nitrogens with zero attached hydrogens (tertiary/aromatic N) is 1. The summed E-state index contributed by atoms with van der Waals surface area (Å²) in [6.45, 7) is 7.34. The van der Waals surface area contributed by atoms with Gasteiger partial charge in [0.25, 0.3) is 0 Å². The van der Waals surface area contributed by atoms with Crippen molar-refractivity contribution in [2.24, 2.45) is 5.41 Å². The normalized spacial score (nSPS) is 16.1. The lowest BCUT2D eigenvalue weighted by atomic mass is 9.92. The molecule has 24 heavy (non-hydrogen) atoms. The molecule has 0 spiro atoms. The molecule has 0 atom stereocenters. The Hall–Kier alpha value is -1.88. The number of amides is 2. The summed E-state index contributed by atoms with van der Waals surface area (Å²) < 4.78 is 0. The van der Waals surface area contributed by atoms with Crippen molar-refractivity contribution in [2.45, 2.75) is 52.6 Å². The van der Waals surface area contributed by atoms with Gasteiger partial charge in [-0.15, -0.1) is 0 Å². The van der Waals surface area contributed by atoms with E-state index in [0.29, 0.717) is 38.8 Å². The van der Waals surface area contributed by atoms with E-state index in [1.807, 2.05) is 49.9 Å². The molecule has 0 radical (unpaired) electrons. The van der Waals surface area contributed by atoms with Gasteiger partial charge >= 0.3 is 0 Å². The van der Waals surface area contributed by atoms with Crippen LogP contribution in [0.25, 0.3) is 0 Å². The Morgan fingerprint density at radius 1 is 1.17 bits per heavy atom. The predicted octanol–water partition coefficient (Wildman–Crippen LogP) is 2.59. The van der Waals surface area contributed by atoms with E-state index in [2.05, 4.69) is 5.32 Å². The third-order valence-electron chi connectivity index (χ3n) is 4.10. The fraction of sp³-hybridized carbons (Fsp3) is 0.579. The number of rotatable bonds is 4. The SMILES string of the molecule is CC(C)(C)CC(=O)Nc1ccc(CC(=O)N2CCC(O)CC2)cc1. The van der Waals surface area contributed by atoms with Gasteiger partial charge in [0.2, 0.25) is 11.8 Å². The fourth-order valence-electron chi connectivity index (χ4n) is 2.79. The third-order valence-corrected chi connectivity index (χ3v) is 4.10. The van der Waals surface area contributed by atoms with Crippen molar-refractivity contribution in [3.63, 3.8) is 0 Å². The molecule has 1 saturated heterocycles. The van der Waals surface area contributed by atoms with Crippen LogP contribution in [0.2, 0.25) is 0 Å². The molecule has 2 N–H and O–H groups in total. The Morgan fingerprint density at radius 2 is 1.75 bits per heavy atom. The summed E-state index contributed by atoms with van der Waals surface area (Å²) in [5.41, 5.74) is 1.64. The lowest BCUT2D eigenvalue weighted by Gasteiger charge is -2.29. The molecule has 5 nitrogen and oxygen atoms in total. The Labute approximate surface area is 144 Å². The van der Waals surface area contributed by atoms with Crippen LogP contribution in [-0.2, 0) is 16.0 Å². The first kappa shape index (κ1) is 18.5. The number of carbonyl (C=O) groups is 2. The highest BCUT2D eigenvalue weighted by atomic mass is 16.3. The first-order chi connectivity index (χ1) is 11.2. The molecule has 1 aromatic carbocycles. The summed E-state index contributed by atoms with van der Waals surface area (Å²) >= 11 is 0. The van der Waals surface area contributed by atoms with Gasteiger partial charge in [0.05, 0.1) is 12.5 Å². The molecule has 0 bridgehead atoms. The van der Waals surface area contributed by atoms with E-state index in [1.165, 1.54) is 0 Å². The Morgan fingerprint density at radius 3 is 2.29 bits per heavy atom. The Balaban J connectivity index is 1.85. The van der Waals surface area contributed by atoms with Crippen LogP contribution in [0.3, 0.4) is 0 Å². The summed E-state index contributed by atoms with van der Waals surface area (Å²) in [5, 5.41) is 12.4. The third kappa shape index (κ3) is 5.96. The largest absolute Gasteiger partial charge is 0.393 e. The second-order valence-electron chi connectivity index (χ2n) is 7.77. The van der Waals surface area contributed by atoms with Crippen LogP contribution in [-0.4, -0.2) is 41.0 Å². The Bertz CT molecular complexity index is 567. The van der Waals surface area contributed by atoms with Crippen LogP contribution in [0.15, 0.2) is 24.3 Å². The van der Waals surface area contributed by atoms with Crippen molar-refractivity contribution in [3.8, 4) is 0 Å². The topological polar surface area (TPSA) is 69.6 Å². The van der Waals surface area contributed by atoms with Gasteiger partial charge < -0.3 is 15.3 Å². The zero-order valence-corrected chi connectivity index (χ0v) is 14.8. The smallest absolute Gasteiger partial charge is 0.226 e. The maximum Gasteiger partial charge on any atom is 0.226 e. The second kappa shape index (κ2) is 7.79. The molecule has 1 aliphatic heterocycles. The summed E-state index contributed by atoms with van der Waals surface area (Å²) in [7, 11) is 0. The minimum atomic E-state index is -0.273. The van der Waals surface area contributed by atoms with Crippen LogP contribution in [0.4, 0.5) is 5.69 Å². The van der Waals surface area contributed by atoms with Crippen molar-refractivity contribution in [1.82, 2.24) is 4.90 Å². The molecule has 2 rings (SSSR count). The van der Waals surface area contributed by atoms with E-state index < -0.39 is 0 Å². The van der Waals surface area contributed by atoms with Gasteiger partial charge in [-0.05, 0) is 36.0 Å². The lowest BCUT2D eigenvalue weighted by Crippen LogP contribution is -2.40. The average Bonchev–Trinajstić information content (AvgIpc) is 2.48. The summed E-state index contributed by atoms with van der Waals surface area (Å²) in [4.78, 5) is 26.0. The maximum absolute atomic E-state index is 12.3. The van der Waals surface area contributed by atoms with Crippen LogP contribution in [0.1, 0.15) is 45.6 Å². The number of hydrogen-bond donors (Lipinski definition) is 2. The van der Waals surface area contributed by atoms with E-state index >= 15 is 0 Å². The average molecular weight is 332 g/mol. The minimum absolute atomic E-state index is 0.00167. The molecule has 0 saturated carbocycles. The van der Waals surface area contributed by atoms with E-state index in [9.17, 15) is 14.7 Å². The number of likely N-dealkylation sites (tertiary alicyclic amines) is 1. The highest BCUT2D eigenvalue weighted by Crippen LogP contribution is 2.20. The molecular formula is C19H28N2O3. The van der Waals surface area contributed by atoms with E-state index in [0.717, 1.165) is 11.3 Å². The van der Waals surface area contributed by atoms with Gasteiger partial charge in [-0.25, -0.2) is 0 Å². The van der Waals surface area contributed by atoms with Gasteiger partial charge in [0, 0.05) is 25.2 Å². The number of nitrogens with one attached hydrogen (secondary N) is 1. The van der Waals surface area contributed by atoms with Gasteiger partial charge in [-0.3, -0.25) is 9.59 Å². The quantitative estimate of drug-likeness (QED) is 0.890. The number of hydrogen-bond acceptors (Lipinski definition) is 3. The molecule has 2 amide bonds. The van der Waals surface area contributed by atoms with Crippen molar-refractivity contribution in [1.29, 1.82) is 0 Å². The van der Waals surface area contributed by atoms with Gasteiger partial charge in [-0.1, -0.05) is 32.9 Å². The fourth-order valence-corrected chi connectivity index (χ4v) is 2.79. The molecule has 0 aromatic heterocycles. The molecule has 1 fully saturated rings. The molecule has 1 heterocycles. The second-order valence-corrected chi connectivity index (χ2v) is 7.77. The monoisotopic (exact) mass is 332 g/mol. The standard InChI is InChI=1S/C19H28N2O3/c1-19(2,3)13-17(23)20-15-6-4-14(5-7-15)12-18(24)21-10-8-16(22)9-11-21/h4-7,16,22H,8-13H2,1-3H3,(H,20,23). The zero-order chi connectivity index (χ0) is 17.7. The summed E-state index contributed by atoms with van der Waals surface area (Å²) in [5.74, 6) is 0.0876. The van der Waals surface area contributed by atoms with Crippen molar-refractivity contribution >= 4 is 17.5 Å². The number of aliphatic hydroxyl groups is 1. The number of carbonyl (C=O) groups excluding carboxylic acids is 2. The summed E-state index contributed by atoms with van der Waals surface area (Å²) in [6, 6.07) is 7.43. The lowest BCUT2D eigenvalue weighted by molar-refractivity contribution is -0.132. The van der Waals surface area contributed by atoms with Crippen LogP contribution < -0.4 is 5.32 Å². The molecule has 1 aliphatic rings. The first-order valence-corrected chi connectivity index (χ1v) is 8.57. The van der Waals surface area contributed by atoms with E-state index in [-0.39, 0.29) is 23.3 Å². The molecule has 132 valence electrons. The zero-order valence-electron chi connectivity index (χ0n) is 14.8. The molecule has 0 aliphatic carbocycles. The molecule has 1 aromatic rings. The predicted molar refractivity (Wildman–Crippen MR) is 94.7 cm³/mol. The van der Waals surface area contributed by atoms with Crippen LogP contribution >= 0.6 is 0 Å². The van der Waals surface area contributed by atoms with Gasteiger partial charge in [-0.2, -0.15) is 0 Å². The van der Waals surface area contributed by atoms with Crippen molar-refractivity contribution < 1.29 is 14.7 Å². The molecular weight excluding hydrogens is 304 g/mol. The number of benzene rings is 1. The number of aliphatic hydroxyl groups excluding tert-OH is 1. The van der Waals surface area contributed by atoms with Crippen LogP contribution in [0, 0.1) is 5.41 Å². The minimum Gasteiger partial charge on any atom is -0.393 e. The van der Waals surface area contributed by atoms with Gasteiger partial charge in [0.15, 0.2) is 0 Å². The molecule has 0 unspecified atom stereocenters. The maximum atomic E-state index is 12.3. The van der Waals surface area contributed by atoms with Crippen molar-refractivity contribution in [2.75, 3.05) is 18.4 Å². The first-order valence-electron chi connectivity index (χ1n) is 8.57. The number of anilines is 1. The van der Waals surface area contributed by atoms with E-state index in [1.54, 1.807) is 0 Å². The molecule has 5 heteroatoms. The van der Waals surface area contributed by atoms with Crippen LogP contribution in [0.5, 0.6) is 0 Å². The summed E-state index contributed by atoms with van der Waals surface area (Å²) in [6.07, 6.45) is 1.86. The highest BCUT2D eigenvalue weighted by Gasteiger charge is 2.21.